The molecule has 1 aliphatic heterocycles. The molecule has 2 heterocycles. The van der Waals surface area contributed by atoms with E-state index >= 15 is 0 Å². The molecule has 186 valence electrons. The average molecular weight is 570 g/mol. The van der Waals surface area contributed by atoms with Crippen molar-refractivity contribution >= 4 is 39.0 Å². The molecule has 2 aromatic rings. The van der Waals surface area contributed by atoms with Crippen LogP contribution in [0.2, 0.25) is 0 Å². The van der Waals surface area contributed by atoms with Gasteiger partial charge >= 0.3 is 6.18 Å². The van der Waals surface area contributed by atoms with Crippen molar-refractivity contribution in [3.63, 3.8) is 0 Å². The van der Waals surface area contributed by atoms with Gasteiger partial charge in [-0.15, -0.1) is 5.10 Å². The smallest absolute Gasteiger partial charge is 0.400 e. The summed E-state index contributed by atoms with van der Waals surface area (Å²) in [6.45, 7) is 3.70. The highest BCUT2D eigenvalue weighted by Gasteiger charge is 2.46. The van der Waals surface area contributed by atoms with Crippen LogP contribution in [0.15, 0.2) is 63.2 Å². The Kier molecular flexibility index (Phi) is 7.76. The Labute approximate surface area is 215 Å². The highest BCUT2D eigenvalue weighted by atomic mass is 79.9. The highest BCUT2D eigenvalue weighted by Crippen LogP contribution is 2.37. The molecule has 0 saturated carbocycles. The third kappa shape index (κ3) is 5.51. The Morgan fingerprint density at radius 3 is 2.71 bits per heavy atom. The summed E-state index contributed by atoms with van der Waals surface area (Å²) in [5.41, 5.74) is 5.43. The summed E-state index contributed by atoms with van der Waals surface area (Å²) >= 11 is 10.0. The van der Waals surface area contributed by atoms with Gasteiger partial charge in [-0.25, -0.2) is 4.98 Å². The molecular formula is C25H25BrClF3N4O. The van der Waals surface area contributed by atoms with Gasteiger partial charge in [0.2, 0.25) is 12.1 Å². The van der Waals surface area contributed by atoms with Gasteiger partial charge in [-0.2, -0.15) is 13.2 Å². The number of hydrogen-bond donors (Lipinski definition) is 1. The van der Waals surface area contributed by atoms with E-state index in [0.29, 0.717) is 41.5 Å². The standard InChI is InChI=1S/C25H25BrClF3N4O/c1-3-4-9-19(25(28,29)30)23-32-33-24(35-23)21-15(2)34(17-13-11-16(26)12-14-17)22(31-21)18-8-6-5-7-10-20(18)27/h5,7-8,10-14,19,24,33H,3-4,6,9H2,1-2H3. The zero-order valence-corrected chi connectivity index (χ0v) is 21.6. The van der Waals surface area contributed by atoms with Crippen molar-refractivity contribution in [2.45, 2.75) is 51.9 Å². The number of halogens is 5. The maximum atomic E-state index is 13.7. The van der Waals surface area contributed by atoms with Crippen molar-refractivity contribution in [3.8, 4) is 5.69 Å². The molecule has 35 heavy (non-hydrogen) atoms. The minimum absolute atomic E-state index is 0.0783. The van der Waals surface area contributed by atoms with E-state index in [1.165, 1.54) is 0 Å². The first kappa shape index (κ1) is 25.6. The molecule has 0 spiro atoms. The predicted octanol–water partition coefficient (Wildman–Crippen LogP) is 7.71. The number of hydrogen-bond acceptors (Lipinski definition) is 4. The molecule has 0 bridgehead atoms. The van der Waals surface area contributed by atoms with Crippen molar-refractivity contribution in [2.75, 3.05) is 0 Å². The number of hydrazone groups is 1. The molecule has 1 aromatic carbocycles. The van der Waals surface area contributed by atoms with Gasteiger partial charge in [-0.3, -0.25) is 9.99 Å². The summed E-state index contributed by atoms with van der Waals surface area (Å²) in [7, 11) is 0. The molecule has 4 rings (SSSR count). The highest BCUT2D eigenvalue weighted by molar-refractivity contribution is 9.10. The van der Waals surface area contributed by atoms with Gasteiger partial charge in [0, 0.05) is 21.4 Å². The van der Waals surface area contributed by atoms with Crippen LogP contribution in [0, 0.1) is 12.8 Å². The van der Waals surface area contributed by atoms with Crippen LogP contribution in [0.4, 0.5) is 13.2 Å². The zero-order valence-electron chi connectivity index (χ0n) is 19.2. The third-order valence-corrected chi connectivity index (χ3v) is 6.74. The summed E-state index contributed by atoms with van der Waals surface area (Å²) in [4.78, 5) is 4.81. The molecule has 0 radical (unpaired) electrons. The van der Waals surface area contributed by atoms with Crippen molar-refractivity contribution in [1.29, 1.82) is 0 Å². The van der Waals surface area contributed by atoms with Crippen LogP contribution in [-0.2, 0) is 4.74 Å². The summed E-state index contributed by atoms with van der Waals surface area (Å²) in [5.74, 6) is -1.55. The van der Waals surface area contributed by atoms with Crippen LogP contribution in [0.5, 0.6) is 0 Å². The average Bonchev–Trinajstić information content (AvgIpc) is 3.34. The Balaban J connectivity index is 1.73. The molecule has 2 atom stereocenters. The predicted molar refractivity (Wildman–Crippen MR) is 135 cm³/mol. The topological polar surface area (TPSA) is 51.4 Å². The number of aromatic nitrogens is 2. The lowest BCUT2D eigenvalue weighted by Gasteiger charge is -2.20. The van der Waals surface area contributed by atoms with Crippen LogP contribution in [-0.4, -0.2) is 21.6 Å². The first-order valence-corrected chi connectivity index (χ1v) is 12.5. The molecular weight excluding hydrogens is 545 g/mol. The van der Waals surface area contributed by atoms with Crippen LogP contribution in [0.3, 0.4) is 0 Å². The number of allylic oxidation sites excluding steroid dienone is 6. The summed E-state index contributed by atoms with van der Waals surface area (Å²) in [6.07, 6.45) is 3.89. The second kappa shape index (κ2) is 10.6. The van der Waals surface area contributed by atoms with Gasteiger partial charge in [0.05, 0.1) is 5.03 Å². The first-order chi connectivity index (χ1) is 16.7. The summed E-state index contributed by atoms with van der Waals surface area (Å²) in [6, 6.07) is 7.67. The number of ether oxygens (including phenoxy) is 1. The molecule has 2 unspecified atom stereocenters. The molecule has 1 N–H and O–H groups in total. The van der Waals surface area contributed by atoms with E-state index in [1.54, 1.807) is 6.08 Å². The summed E-state index contributed by atoms with van der Waals surface area (Å²) in [5, 5.41) is 4.44. The Morgan fingerprint density at radius 2 is 2.03 bits per heavy atom. The number of nitrogens with one attached hydrogen (secondary N) is 1. The lowest BCUT2D eigenvalue weighted by molar-refractivity contribution is -0.161. The fraction of sp³-hybridized carbons (Fsp3) is 0.360. The Bertz CT molecular complexity index is 1200. The van der Waals surface area contributed by atoms with E-state index in [-0.39, 0.29) is 12.3 Å². The first-order valence-electron chi connectivity index (χ1n) is 11.4. The Morgan fingerprint density at radius 1 is 1.29 bits per heavy atom. The van der Waals surface area contributed by atoms with Crippen molar-refractivity contribution in [1.82, 2.24) is 15.0 Å². The zero-order chi connectivity index (χ0) is 25.2. The minimum Gasteiger partial charge on any atom is -0.448 e. The lowest BCUT2D eigenvalue weighted by Crippen LogP contribution is -2.31. The fourth-order valence-electron chi connectivity index (χ4n) is 4.06. The second-order valence-corrected chi connectivity index (χ2v) is 9.65. The van der Waals surface area contributed by atoms with Gasteiger partial charge in [0.25, 0.3) is 0 Å². The van der Waals surface area contributed by atoms with E-state index in [2.05, 4.69) is 26.5 Å². The molecule has 0 saturated heterocycles. The van der Waals surface area contributed by atoms with Crippen LogP contribution < -0.4 is 5.43 Å². The second-order valence-electron chi connectivity index (χ2n) is 8.33. The van der Waals surface area contributed by atoms with Crippen LogP contribution in [0.1, 0.15) is 56.0 Å². The normalized spacial score (nSPS) is 18.8. The van der Waals surface area contributed by atoms with Crippen molar-refractivity contribution < 1.29 is 17.9 Å². The molecule has 2 aliphatic rings. The van der Waals surface area contributed by atoms with Crippen molar-refractivity contribution in [3.05, 3.63) is 75.3 Å². The maximum Gasteiger partial charge on any atom is 0.400 e. The quantitative estimate of drug-likeness (QED) is 0.372. The molecule has 0 fully saturated rings. The molecule has 0 amide bonds. The number of benzene rings is 1. The number of alkyl halides is 3. The SMILES string of the molecule is CCCCC(C1=NNC(c2nc(C3=CCC=CC=C3Cl)n(-c3ccc(Br)cc3)c2C)O1)C(F)(F)F. The number of rotatable bonds is 7. The van der Waals surface area contributed by atoms with Gasteiger partial charge in [0.15, 0.2) is 0 Å². The van der Waals surface area contributed by atoms with E-state index in [0.717, 1.165) is 15.7 Å². The van der Waals surface area contributed by atoms with Gasteiger partial charge < -0.3 is 4.74 Å². The maximum absolute atomic E-state index is 13.7. The number of nitrogens with zero attached hydrogens (tertiary/aromatic N) is 3. The monoisotopic (exact) mass is 568 g/mol. The number of unbranched alkanes of at least 4 members (excludes halogenated alkanes) is 1. The Hall–Kier alpha value is -2.52. The third-order valence-electron chi connectivity index (χ3n) is 5.88. The molecule has 1 aliphatic carbocycles. The lowest BCUT2D eigenvalue weighted by atomic mass is 10.0. The van der Waals surface area contributed by atoms with Gasteiger partial charge in [-0.05, 0) is 50.1 Å². The summed E-state index contributed by atoms with van der Waals surface area (Å²) < 4.78 is 49.7. The van der Waals surface area contributed by atoms with E-state index in [4.69, 9.17) is 21.3 Å². The molecule has 5 nitrogen and oxygen atoms in total. The van der Waals surface area contributed by atoms with E-state index in [1.807, 2.05) is 60.9 Å². The molecule has 1 aromatic heterocycles. The molecule has 10 heteroatoms. The number of imidazole rings is 1. The van der Waals surface area contributed by atoms with Gasteiger partial charge in [-0.1, -0.05) is 65.5 Å². The minimum atomic E-state index is -4.45. The van der Waals surface area contributed by atoms with E-state index < -0.39 is 18.3 Å². The van der Waals surface area contributed by atoms with Gasteiger partial charge in [0.1, 0.15) is 17.4 Å². The van der Waals surface area contributed by atoms with Crippen LogP contribution >= 0.6 is 27.5 Å². The fourth-order valence-corrected chi connectivity index (χ4v) is 4.56. The van der Waals surface area contributed by atoms with Crippen molar-refractivity contribution in [2.24, 2.45) is 11.0 Å². The van der Waals surface area contributed by atoms with E-state index in [9.17, 15) is 13.2 Å². The van der Waals surface area contributed by atoms with Crippen LogP contribution in [0.25, 0.3) is 11.3 Å². The largest absolute Gasteiger partial charge is 0.448 e.